The summed E-state index contributed by atoms with van der Waals surface area (Å²) in [5.41, 5.74) is 0.481. The zero-order valence-corrected chi connectivity index (χ0v) is 10.6. The Morgan fingerprint density at radius 3 is 2.88 bits per heavy atom. The highest BCUT2D eigenvalue weighted by molar-refractivity contribution is 7.89. The minimum absolute atomic E-state index is 0.124. The van der Waals surface area contributed by atoms with Gasteiger partial charge in [0, 0.05) is 13.7 Å². The average Bonchev–Trinajstić information content (AvgIpc) is 2.65. The first-order valence-corrected chi connectivity index (χ1v) is 6.62. The minimum atomic E-state index is -3.55. The molecule has 0 saturated carbocycles. The molecule has 1 unspecified atom stereocenters. The lowest BCUT2D eigenvalue weighted by molar-refractivity contribution is 0.0603. The van der Waals surface area contributed by atoms with Crippen LogP contribution in [0, 0.1) is 6.92 Å². The number of aliphatic hydroxyl groups excluding tert-OH is 1. The van der Waals surface area contributed by atoms with Gasteiger partial charge >= 0.3 is 0 Å². The van der Waals surface area contributed by atoms with Gasteiger partial charge in [0.25, 0.3) is 0 Å². The monoisotopic (exact) mass is 263 g/mol. The number of aromatic amines is 1. The predicted octanol–water partition coefficient (Wildman–Crippen LogP) is -0.606. The number of hydrogen-bond donors (Lipinski definition) is 3. The standard InChI is InChI=1S/C9H17N3O4S/c1-7-9(5-10-12-7)17(14,15)11-4-3-8(13)6-16-2/h5,8,11,13H,3-4,6H2,1-2H3,(H,10,12). The van der Waals surface area contributed by atoms with Crippen molar-refractivity contribution in [1.82, 2.24) is 14.9 Å². The second kappa shape index (κ2) is 6.10. The van der Waals surface area contributed by atoms with E-state index in [-0.39, 0.29) is 18.0 Å². The second-order valence-electron chi connectivity index (χ2n) is 3.65. The van der Waals surface area contributed by atoms with Gasteiger partial charge in [-0.15, -0.1) is 0 Å². The van der Waals surface area contributed by atoms with Crippen LogP contribution in [0.3, 0.4) is 0 Å². The minimum Gasteiger partial charge on any atom is -0.391 e. The maximum atomic E-state index is 11.8. The first-order chi connectivity index (χ1) is 7.97. The van der Waals surface area contributed by atoms with Crippen molar-refractivity contribution in [3.8, 4) is 0 Å². The number of sulfonamides is 1. The Labute approximate surface area is 100 Å². The molecule has 3 N–H and O–H groups in total. The normalized spacial score (nSPS) is 13.8. The highest BCUT2D eigenvalue weighted by atomic mass is 32.2. The van der Waals surface area contributed by atoms with Crippen LogP contribution in [0.2, 0.25) is 0 Å². The molecule has 0 bridgehead atoms. The highest BCUT2D eigenvalue weighted by Gasteiger charge is 2.18. The third kappa shape index (κ3) is 4.08. The van der Waals surface area contributed by atoms with Gasteiger partial charge in [-0.05, 0) is 13.3 Å². The zero-order chi connectivity index (χ0) is 12.9. The largest absolute Gasteiger partial charge is 0.391 e. The fraction of sp³-hybridized carbons (Fsp3) is 0.667. The number of nitrogens with zero attached hydrogens (tertiary/aromatic N) is 1. The first-order valence-electron chi connectivity index (χ1n) is 5.14. The van der Waals surface area contributed by atoms with Crippen molar-refractivity contribution in [3.05, 3.63) is 11.9 Å². The molecule has 7 nitrogen and oxygen atoms in total. The number of aromatic nitrogens is 2. The molecule has 0 aliphatic carbocycles. The van der Waals surface area contributed by atoms with Crippen molar-refractivity contribution in [1.29, 1.82) is 0 Å². The highest BCUT2D eigenvalue weighted by Crippen LogP contribution is 2.10. The van der Waals surface area contributed by atoms with Gasteiger partial charge in [0.15, 0.2) is 0 Å². The Morgan fingerprint density at radius 2 is 2.35 bits per heavy atom. The maximum absolute atomic E-state index is 11.8. The molecule has 0 aliphatic heterocycles. The summed E-state index contributed by atoms with van der Waals surface area (Å²) >= 11 is 0. The van der Waals surface area contributed by atoms with E-state index < -0.39 is 16.1 Å². The van der Waals surface area contributed by atoms with Crippen molar-refractivity contribution >= 4 is 10.0 Å². The SMILES string of the molecule is COCC(O)CCNS(=O)(=O)c1cn[nH]c1C. The molecule has 98 valence electrons. The van der Waals surface area contributed by atoms with Crippen LogP contribution in [-0.2, 0) is 14.8 Å². The number of H-pyrrole nitrogens is 1. The number of ether oxygens (including phenoxy) is 1. The summed E-state index contributed by atoms with van der Waals surface area (Å²) in [6.07, 6.45) is 0.876. The number of nitrogens with one attached hydrogen (secondary N) is 2. The van der Waals surface area contributed by atoms with E-state index in [1.165, 1.54) is 13.3 Å². The Bertz CT molecular complexity index is 443. The topological polar surface area (TPSA) is 104 Å². The van der Waals surface area contributed by atoms with E-state index in [0.29, 0.717) is 12.1 Å². The number of rotatable bonds is 7. The molecule has 1 rings (SSSR count). The molecule has 0 aromatic carbocycles. The number of aryl methyl sites for hydroxylation is 1. The summed E-state index contributed by atoms with van der Waals surface area (Å²) in [7, 11) is -2.08. The molecule has 1 aromatic rings. The van der Waals surface area contributed by atoms with Gasteiger partial charge in [0.2, 0.25) is 10.0 Å². The van der Waals surface area contributed by atoms with Crippen LogP contribution in [-0.4, -0.2) is 50.1 Å². The lowest BCUT2D eigenvalue weighted by Crippen LogP contribution is -2.28. The fourth-order valence-electron chi connectivity index (χ4n) is 1.32. The Balaban J connectivity index is 2.49. The number of hydrogen-bond acceptors (Lipinski definition) is 5. The lowest BCUT2D eigenvalue weighted by atomic mass is 10.3. The predicted molar refractivity (Wildman–Crippen MR) is 61.0 cm³/mol. The summed E-state index contributed by atoms with van der Waals surface area (Å²) in [5, 5.41) is 15.6. The molecular formula is C9H17N3O4S. The maximum Gasteiger partial charge on any atom is 0.243 e. The molecule has 0 saturated heterocycles. The summed E-state index contributed by atoms with van der Waals surface area (Å²) in [6.45, 7) is 1.96. The van der Waals surface area contributed by atoms with Gasteiger partial charge in [-0.3, -0.25) is 5.10 Å². The lowest BCUT2D eigenvalue weighted by Gasteiger charge is -2.10. The summed E-state index contributed by atoms with van der Waals surface area (Å²) in [4.78, 5) is 0.124. The summed E-state index contributed by atoms with van der Waals surface area (Å²) < 4.78 is 30.7. The van der Waals surface area contributed by atoms with E-state index in [1.54, 1.807) is 6.92 Å². The van der Waals surface area contributed by atoms with Gasteiger partial charge in [-0.2, -0.15) is 5.10 Å². The van der Waals surface area contributed by atoms with Crippen LogP contribution in [0.4, 0.5) is 0 Å². The Kier molecular flexibility index (Phi) is 5.06. The molecule has 0 radical (unpaired) electrons. The molecule has 1 heterocycles. The van der Waals surface area contributed by atoms with Gasteiger partial charge in [0.05, 0.1) is 24.6 Å². The molecule has 0 aliphatic rings. The van der Waals surface area contributed by atoms with Gasteiger partial charge < -0.3 is 9.84 Å². The third-order valence-corrected chi connectivity index (χ3v) is 3.78. The number of methoxy groups -OCH3 is 1. The van der Waals surface area contributed by atoms with E-state index in [9.17, 15) is 13.5 Å². The Hall–Kier alpha value is -0.960. The van der Waals surface area contributed by atoms with Crippen molar-refractivity contribution in [3.63, 3.8) is 0 Å². The van der Waals surface area contributed by atoms with Crippen molar-refractivity contribution in [2.24, 2.45) is 0 Å². The smallest absolute Gasteiger partial charge is 0.243 e. The van der Waals surface area contributed by atoms with Crippen LogP contribution in [0.15, 0.2) is 11.1 Å². The van der Waals surface area contributed by atoms with E-state index >= 15 is 0 Å². The van der Waals surface area contributed by atoms with Gasteiger partial charge in [0.1, 0.15) is 4.90 Å². The average molecular weight is 263 g/mol. The summed E-state index contributed by atoms with van der Waals surface area (Å²) in [5.74, 6) is 0. The van der Waals surface area contributed by atoms with Gasteiger partial charge in [-0.1, -0.05) is 0 Å². The van der Waals surface area contributed by atoms with Crippen LogP contribution < -0.4 is 4.72 Å². The van der Waals surface area contributed by atoms with Crippen molar-refractivity contribution in [2.75, 3.05) is 20.3 Å². The molecule has 0 fully saturated rings. The van der Waals surface area contributed by atoms with Crippen molar-refractivity contribution < 1.29 is 18.3 Å². The quantitative estimate of drug-likeness (QED) is 0.609. The zero-order valence-electron chi connectivity index (χ0n) is 9.80. The van der Waals surface area contributed by atoms with Crippen LogP contribution in [0.1, 0.15) is 12.1 Å². The van der Waals surface area contributed by atoms with Crippen LogP contribution in [0.25, 0.3) is 0 Å². The Morgan fingerprint density at radius 1 is 1.65 bits per heavy atom. The third-order valence-electron chi connectivity index (χ3n) is 2.20. The molecular weight excluding hydrogens is 246 g/mol. The molecule has 1 atom stereocenters. The van der Waals surface area contributed by atoms with Crippen LogP contribution in [0.5, 0.6) is 0 Å². The van der Waals surface area contributed by atoms with Crippen LogP contribution >= 0.6 is 0 Å². The first kappa shape index (κ1) is 14.1. The molecule has 0 amide bonds. The van der Waals surface area contributed by atoms with Gasteiger partial charge in [-0.25, -0.2) is 13.1 Å². The second-order valence-corrected chi connectivity index (χ2v) is 5.39. The number of aliphatic hydroxyl groups is 1. The van der Waals surface area contributed by atoms with E-state index in [2.05, 4.69) is 14.9 Å². The molecule has 0 spiro atoms. The van der Waals surface area contributed by atoms with Crippen molar-refractivity contribution in [2.45, 2.75) is 24.3 Å². The molecule has 17 heavy (non-hydrogen) atoms. The fourth-order valence-corrected chi connectivity index (χ4v) is 2.51. The van der Waals surface area contributed by atoms with E-state index in [0.717, 1.165) is 0 Å². The molecule has 8 heteroatoms. The van der Waals surface area contributed by atoms with E-state index in [4.69, 9.17) is 4.74 Å². The summed E-state index contributed by atoms with van der Waals surface area (Å²) in [6, 6.07) is 0. The molecule has 1 aromatic heterocycles. The van der Waals surface area contributed by atoms with E-state index in [1.807, 2.05) is 0 Å².